The molecule has 0 N–H and O–H groups in total. The van der Waals surface area contributed by atoms with Crippen LogP contribution >= 0.6 is 0 Å². The van der Waals surface area contributed by atoms with Crippen molar-refractivity contribution in [2.75, 3.05) is 0 Å². The Bertz CT molecular complexity index is 696. The van der Waals surface area contributed by atoms with Gasteiger partial charge in [-0.05, 0) is 41.3 Å². The van der Waals surface area contributed by atoms with E-state index < -0.39 is 10.1 Å². The second-order valence-corrected chi connectivity index (χ2v) is 6.45. The van der Waals surface area contributed by atoms with Gasteiger partial charge in [0.15, 0.2) is 0 Å². The van der Waals surface area contributed by atoms with Crippen molar-refractivity contribution in [2.24, 2.45) is 0 Å². The summed E-state index contributed by atoms with van der Waals surface area (Å²) < 4.78 is 33.7. The second-order valence-electron chi connectivity index (χ2n) is 5.07. The molecule has 0 aromatic heterocycles. The monoisotopic (exact) mass is 314 g/mol. The summed E-state index contributed by atoms with van der Waals surface area (Å²) in [7, 11) is -4.40. The zero-order chi connectivity index (χ0) is 14.6. The van der Waals surface area contributed by atoms with Gasteiger partial charge in [0.05, 0.1) is 4.90 Å². The van der Waals surface area contributed by atoms with Crippen molar-refractivity contribution in [3.63, 3.8) is 0 Å². The molecule has 0 aliphatic carbocycles. The first kappa shape index (κ1) is 18.7. The normalized spacial score (nSPS) is 11.3. The average molecular weight is 314 g/mol. The fourth-order valence-corrected chi connectivity index (χ4v) is 3.01. The third-order valence-corrected chi connectivity index (χ3v) is 4.32. The fourth-order valence-electron chi connectivity index (χ4n) is 2.45. The topological polar surface area (TPSA) is 57.2 Å². The molecule has 3 nitrogen and oxygen atoms in total. The van der Waals surface area contributed by atoms with Crippen LogP contribution in [0, 0.1) is 0 Å². The molecule has 0 unspecified atom stereocenters. The summed E-state index contributed by atoms with van der Waals surface area (Å²) in [5.74, 6) is 0. The molecule has 0 bridgehead atoms. The number of fused-ring (bicyclic) bond motifs is 1. The van der Waals surface area contributed by atoms with Gasteiger partial charge in [0.2, 0.25) is 0 Å². The molecule has 5 heteroatoms. The van der Waals surface area contributed by atoms with E-state index in [1.165, 1.54) is 18.6 Å². The first-order chi connectivity index (χ1) is 9.52. The van der Waals surface area contributed by atoms with Crippen LogP contribution in [0.4, 0.5) is 0 Å². The summed E-state index contributed by atoms with van der Waals surface area (Å²) in [6.07, 6.45) is 5.29. The third kappa shape index (κ3) is 5.08. The molecule has 0 heterocycles. The number of hydrogen-bond donors (Lipinski definition) is 0. The van der Waals surface area contributed by atoms with E-state index in [0.29, 0.717) is 0 Å². The van der Waals surface area contributed by atoms with Gasteiger partial charge >= 0.3 is 29.6 Å². The molecular formula is C16H19NaO3S. The predicted octanol–water partition coefficient (Wildman–Crippen LogP) is 0.871. The number of unbranched alkanes of at least 4 members (excludes halogenated alkanes) is 3. The van der Waals surface area contributed by atoms with E-state index in [4.69, 9.17) is 0 Å². The Morgan fingerprint density at radius 1 is 1.05 bits per heavy atom. The van der Waals surface area contributed by atoms with Crippen molar-refractivity contribution in [3.05, 3.63) is 42.0 Å². The molecule has 0 aliphatic heterocycles. The molecule has 0 aliphatic rings. The summed E-state index contributed by atoms with van der Waals surface area (Å²) in [6, 6.07) is 10.6. The van der Waals surface area contributed by atoms with E-state index in [0.717, 1.165) is 42.0 Å². The molecule has 0 saturated carbocycles. The van der Waals surface area contributed by atoms with Crippen LogP contribution in [0.1, 0.15) is 38.2 Å². The van der Waals surface area contributed by atoms with Crippen LogP contribution in [0.3, 0.4) is 0 Å². The van der Waals surface area contributed by atoms with Crippen LogP contribution < -0.4 is 29.6 Å². The van der Waals surface area contributed by atoms with Crippen LogP contribution in [0.15, 0.2) is 41.3 Å². The van der Waals surface area contributed by atoms with Crippen LogP contribution in [0.5, 0.6) is 0 Å². The Morgan fingerprint density at radius 3 is 2.43 bits per heavy atom. The number of benzene rings is 2. The zero-order valence-electron chi connectivity index (χ0n) is 12.6. The number of aryl methyl sites for hydroxylation is 1. The van der Waals surface area contributed by atoms with Gasteiger partial charge in [0.25, 0.3) is 0 Å². The van der Waals surface area contributed by atoms with Crippen molar-refractivity contribution < 1.29 is 42.5 Å². The molecule has 2 aromatic rings. The Balaban J connectivity index is 0.00000220. The SMILES string of the molecule is CCCCCCc1cc(S(=O)(=O)[O-])cc2ccccc12.[Na+]. The molecule has 21 heavy (non-hydrogen) atoms. The Morgan fingerprint density at radius 2 is 1.76 bits per heavy atom. The third-order valence-electron chi connectivity index (χ3n) is 3.51. The Hall–Kier alpha value is -0.390. The maximum absolute atomic E-state index is 11.2. The molecule has 0 amide bonds. The summed E-state index contributed by atoms with van der Waals surface area (Å²) in [6.45, 7) is 2.15. The molecule has 108 valence electrons. The van der Waals surface area contributed by atoms with Gasteiger partial charge in [-0.1, -0.05) is 50.5 Å². The van der Waals surface area contributed by atoms with E-state index >= 15 is 0 Å². The van der Waals surface area contributed by atoms with E-state index in [-0.39, 0.29) is 34.5 Å². The number of hydrogen-bond acceptors (Lipinski definition) is 3. The van der Waals surface area contributed by atoms with Gasteiger partial charge in [0.1, 0.15) is 10.1 Å². The second kappa shape index (κ2) is 8.30. The summed E-state index contributed by atoms with van der Waals surface area (Å²) >= 11 is 0. The maximum atomic E-state index is 11.2. The van der Waals surface area contributed by atoms with Gasteiger partial charge in [-0.15, -0.1) is 0 Å². The van der Waals surface area contributed by atoms with Crippen molar-refractivity contribution >= 4 is 20.9 Å². The van der Waals surface area contributed by atoms with Crippen LogP contribution in [0.2, 0.25) is 0 Å². The van der Waals surface area contributed by atoms with E-state index in [1.807, 2.05) is 24.3 Å². The van der Waals surface area contributed by atoms with Crippen molar-refractivity contribution in [1.82, 2.24) is 0 Å². The maximum Gasteiger partial charge on any atom is 1.00 e. The van der Waals surface area contributed by atoms with Gasteiger partial charge in [-0.3, -0.25) is 0 Å². The van der Waals surface area contributed by atoms with Gasteiger partial charge in [-0.2, -0.15) is 0 Å². The zero-order valence-corrected chi connectivity index (χ0v) is 15.4. The van der Waals surface area contributed by atoms with Gasteiger partial charge in [-0.25, -0.2) is 8.42 Å². The minimum absolute atomic E-state index is 0. The van der Waals surface area contributed by atoms with Crippen LogP contribution in [-0.4, -0.2) is 13.0 Å². The van der Waals surface area contributed by atoms with E-state index in [9.17, 15) is 13.0 Å². The first-order valence-electron chi connectivity index (χ1n) is 7.00. The largest absolute Gasteiger partial charge is 1.00 e. The van der Waals surface area contributed by atoms with Crippen molar-refractivity contribution in [2.45, 2.75) is 43.9 Å². The van der Waals surface area contributed by atoms with Gasteiger partial charge < -0.3 is 4.55 Å². The summed E-state index contributed by atoms with van der Waals surface area (Å²) in [5, 5.41) is 1.85. The van der Waals surface area contributed by atoms with Crippen molar-refractivity contribution in [1.29, 1.82) is 0 Å². The Labute approximate surface area is 148 Å². The average Bonchev–Trinajstić information content (AvgIpc) is 2.42. The van der Waals surface area contributed by atoms with Crippen LogP contribution in [-0.2, 0) is 16.5 Å². The molecule has 2 aromatic carbocycles. The molecule has 0 radical (unpaired) electrons. The Kier molecular flexibility index (Phi) is 7.37. The molecule has 0 atom stereocenters. The van der Waals surface area contributed by atoms with E-state index in [2.05, 4.69) is 6.92 Å². The summed E-state index contributed by atoms with van der Waals surface area (Å²) in [4.78, 5) is -0.123. The molecule has 0 fully saturated rings. The minimum Gasteiger partial charge on any atom is -0.744 e. The molecule has 2 rings (SSSR count). The van der Waals surface area contributed by atoms with Crippen molar-refractivity contribution in [3.8, 4) is 0 Å². The number of rotatable bonds is 6. The van der Waals surface area contributed by atoms with E-state index in [1.54, 1.807) is 0 Å². The quantitative estimate of drug-likeness (QED) is 0.452. The fraction of sp³-hybridized carbons (Fsp3) is 0.375. The van der Waals surface area contributed by atoms with Gasteiger partial charge in [0, 0.05) is 0 Å². The predicted molar refractivity (Wildman–Crippen MR) is 79.8 cm³/mol. The minimum atomic E-state index is -4.40. The first-order valence-corrected chi connectivity index (χ1v) is 8.41. The van der Waals surface area contributed by atoms with Crippen LogP contribution in [0.25, 0.3) is 10.8 Å². The standard InChI is InChI=1S/C16H20O3S.Na/c1-2-3-4-5-8-13-11-15(20(17,18)19)12-14-9-6-7-10-16(13)14;/h6-7,9-12H,2-5,8H2,1H3,(H,17,18,19);/q;+1/p-1. The smallest absolute Gasteiger partial charge is 0.744 e. The molecule has 0 spiro atoms. The summed E-state index contributed by atoms with van der Waals surface area (Å²) in [5.41, 5.74) is 0.952. The molecular weight excluding hydrogens is 295 g/mol. The molecule has 0 saturated heterocycles.